The van der Waals surface area contributed by atoms with E-state index < -0.39 is 37.1 Å². The molecule has 0 amide bonds. The molecule has 0 radical (unpaired) electrons. The van der Waals surface area contributed by atoms with E-state index in [4.69, 9.17) is 20.7 Å². The Kier molecular flexibility index (Phi) is 8.78. The molecule has 1 aliphatic rings. The smallest absolute Gasteiger partial charge is 0.137 e. The Labute approximate surface area is 441 Å². The maximum atomic E-state index is 8.85. The van der Waals surface area contributed by atoms with E-state index in [1.807, 2.05) is 53.1 Å². The zero-order chi connectivity index (χ0) is 57.4. The number of benzene rings is 8. The summed E-state index contributed by atoms with van der Waals surface area (Å²) >= 11 is 0. The lowest BCUT2D eigenvalue weighted by atomic mass is 9.80. The molecule has 12 rings (SSSR count). The second kappa shape index (κ2) is 17.0. The van der Waals surface area contributed by atoms with E-state index in [0.29, 0.717) is 23.7 Å². The summed E-state index contributed by atoms with van der Waals surface area (Å²) in [6.07, 6.45) is 1.32. The molecule has 8 aromatic carbocycles. The molecule has 0 saturated carbocycles. The van der Waals surface area contributed by atoms with Crippen molar-refractivity contribution >= 4 is 66.4 Å². The number of aromatic nitrogens is 3. The number of para-hydroxylation sites is 5. The quantitative estimate of drug-likeness (QED) is 0.160. The average molecular weight is 962 g/mol. The molecule has 0 aliphatic carbocycles. The van der Waals surface area contributed by atoms with Gasteiger partial charge in [0.05, 0.1) is 46.0 Å². The van der Waals surface area contributed by atoms with Crippen LogP contribution in [0, 0.1) is 6.85 Å². The molecule has 0 spiro atoms. The minimum Gasteiger partial charge on any atom is -0.457 e. The maximum absolute atomic E-state index is 8.85. The average Bonchev–Trinajstić information content (AvgIpc) is 4.31. The number of pyridine rings is 1. The van der Waals surface area contributed by atoms with E-state index in [-0.39, 0.29) is 38.8 Å². The highest BCUT2D eigenvalue weighted by atomic mass is 16.5. The third kappa shape index (κ3) is 8.01. The molecule has 0 unspecified atom stereocenters. The number of ether oxygens (including phenoxy) is 1. The second-order valence-electron chi connectivity index (χ2n) is 22.5. The zero-order valence-corrected chi connectivity index (χ0v) is 42.9. The summed E-state index contributed by atoms with van der Waals surface area (Å²) in [6, 6.07) is 49.6. The number of fused-ring (bicyclic) bond motifs is 7. The van der Waals surface area contributed by atoms with E-state index >= 15 is 0 Å². The van der Waals surface area contributed by atoms with E-state index in [9.17, 15) is 0 Å². The van der Waals surface area contributed by atoms with Gasteiger partial charge in [0.15, 0.2) is 0 Å². The third-order valence-electron chi connectivity index (χ3n) is 14.4. The lowest BCUT2D eigenvalue weighted by Crippen LogP contribution is -2.26. The van der Waals surface area contributed by atoms with Crippen LogP contribution in [0.1, 0.15) is 95.5 Å². The summed E-state index contributed by atoms with van der Waals surface area (Å²) in [5, 5.41) is 3.88. The normalized spacial score (nSPS) is 15.0. The predicted molar refractivity (Wildman–Crippen MR) is 308 cm³/mol. The van der Waals surface area contributed by atoms with Crippen LogP contribution < -0.4 is 14.5 Å². The van der Waals surface area contributed by atoms with Gasteiger partial charge in [0.1, 0.15) is 24.0 Å². The number of hydrogen-bond acceptors (Lipinski definition) is 4. The van der Waals surface area contributed by atoms with Gasteiger partial charge in [-0.05, 0) is 112 Å². The fourth-order valence-corrected chi connectivity index (χ4v) is 10.5. The zero-order valence-electron chi connectivity index (χ0n) is 50.9. The van der Waals surface area contributed by atoms with E-state index in [2.05, 4.69) is 174 Å². The molecule has 73 heavy (non-hydrogen) atoms. The van der Waals surface area contributed by atoms with Gasteiger partial charge in [-0.25, -0.2) is 4.98 Å². The van der Waals surface area contributed by atoms with Gasteiger partial charge in [0.2, 0.25) is 0 Å². The Morgan fingerprint density at radius 2 is 1.00 bits per heavy atom. The van der Waals surface area contributed by atoms with Crippen LogP contribution in [0.4, 0.5) is 22.7 Å². The van der Waals surface area contributed by atoms with Crippen LogP contribution >= 0.6 is 0 Å². The van der Waals surface area contributed by atoms with Gasteiger partial charge >= 0.3 is 0 Å². The van der Waals surface area contributed by atoms with Gasteiger partial charge in [0.25, 0.3) is 0 Å². The first-order chi connectivity index (χ1) is 38.3. The Morgan fingerprint density at radius 3 is 1.58 bits per heavy atom. The molecule has 0 N–H and O–H groups in total. The lowest BCUT2D eigenvalue weighted by Gasteiger charge is -2.29. The van der Waals surface area contributed by atoms with Gasteiger partial charge in [-0.15, -0.1) is 0 Å². The molecule has 4 heterocycles. The minimum absolute atomic E-state index is 0.0692. The van der Waals surface area contributed by atoms with Crippen LogP contribution in [-0.4, -0.2) is 20.8 Å². The summed E-state index contributed by atoms with van der Waals surface area (Å²) in [5.41, 5.74) is 11.2. The molecule has 6 nitrogen and oxygen atoms in total. The van der Waals surface area contributed by atoms with Gasteiger partial charge in [-0.2, -0.15) is 0 Å². The minimum atomic E-state index is -2.79. The summed E-state index contributed by atoms with van der Waals surface area (Å²) in [6.45, 7) is 18.0. The van der Waals surface area contributed by atoms with Crippen LogP contribution in [0.3, 0.4) is 0 Å². The predicted octanol–water partition coefficient (Wildman–Crippen LogP) is 18.2. The first-order valence-corrected chi connectivity index (χ1v) is 25.1. The van der Waals surface area contributed by atoms with Gasteiger partial charge in [0, 0.05) is 67.0 Å². The summed E-state index contributed by atoms with van der Waals surface area (Å²) in [5.74, 6) is 1.40. The van der Waals surface area contributed by atoms with Crippen molar-refractivity contribution in [2.75, 3.05) is 16.5 Å². The fourth-order valence-electron chi connectivity index (χ4n) is 10.5. The number of anilines is 4. The number of rotatable bonds is 7. The molecule has 1 aliphatic heterocycles. The molecule has 0 atom stereocenters. The van der Waals surface area contributed by atoms with E-state index in [1.54, 1.807) is 0 Å². The first-order valence-electron chi connectivity index (χ1n) is 29.1. The molecule has 0 bridgehead atoms. The summed E-state index contributed by atoms with van der Waals surface area (Å²) in [7, 11) is 0. The van der Waals surface area contributed by atoms with E-state index in [0.717, 1.165) is 72.1 Å². The maximum Gasteiger partial charge on any atom is 0.137 e. The highest BCUT2D eigenvalue weighted by Crippen LogP contribution is 2.49. The third-order valence-corrected chi connectivity index (χ3v) is 14.4. The molecule has 0 saturated heterocycles. The van der Waals surface area contributed by atoms with Gasteiger partial charge in [-0.1, -0.05) is 165 Å². The van der Waals surface area contributed by atoms with Gasteiger partial charge < -0.3 is 19.1 Å². The second-order valence-corrected chi connectivity index (χ2v) is 22.5. The van der Waals surface area contributed by atoms with Crippen molar-refractivity contribution in [3.8, 4) is 34.1 Å². The molecular weight excluding hydrogens is 891 g/mol. The van der Waals surface area contributed by atoms with Crippen molar-refractivity contribution in [3.05, 3.63) is 210 Å². The topological polar surface area (TPSA) is 38.5 Å². The Bertz CT molecular complexity index is 4270. The van der Waals surface area contributed by atoms with Crippen molar-refractivity contribution in [3.63, 3.8) is 0 Å². The molecule has 0 fully saturated rings. The molecule has 3 aromatic heterocycles. The fraction of sp³-hybridized carbons (Fsp3) is 0.209. The van der Waals surface area contributed by atoms with Crippen molar-refractivity contribution in [2.24, 2.45) is 0 Å². The highest BCUT2D eigenvalue weighted by molar-refractivity contribution is 6.16. The van der Waals surface area contributed by atoms with Crippen LogP contribution in [0.15, 0.2) is 188 Å². The summed E-state index contributed by atoms with van der Waals surface area (Å²) < 4.78 is 80.9. The molecule has 6 heteroatoms. The van der Waals surface area contributed by atoms with Crippen LogP contribution in [0.5, 0.6) is 11.5 Å². The van der Waals surface area contributed by atoms with Crippen LogP contribution in [0.25, 0.3) is 66.2 Å². The first kappa shape index (κ1) is 37.7. The lowest BCUT2D eigenvalue weighted by molar-refractivity contribution is 0.479. The number of aryl methyl sites for hydroxylation is 1. The van der Waals surface area contributed by atoms with Crippen LogP contribution in [-0.2, 0) is 16.2 Å². The molecular formula is C67H63N5O. The van der Waals surface area contributed by atoms with Crippen molar-refractivity contribution < 1.29 is 15.7 Å². The Balaban J connectivity index is 1.08. The molecule has 362 valence electrons. The van der Waals surface area contributed by atoms with Crippen LogP contribution in [0.2, 0.25) is 0 Å². The van der Waals surface area contributed by atoms with Crippen molar-refractivity contribution in [1.82, 2.24) is 14.1 Å². The SMILES string of the molecule is [2H]c1c([2H])c([2H])c(-c2cnc(-n3c4ccccc4c4c(-n5c6ccccc6c6ccccc65)cc(Oc5cc(N6CN(c7cc(C(C)(C)C)cc(C(C)(C)C)c7)c7ccccc76)cc(C(C)(C)C)c5)cc43)cc2C([2H])([2H])[2H])c([2H])c1[2H]. The summed E-state index contributed by atoms with van der Waals surface area (Å²) in [4.78, 5) is 9.72. The number of nitrogens with zero attached hydrogens (tertiary/aromatic N) is 5. The van der Waals surface area contributed by atoms with Crippen molar-refractivity contribution in [2.45, 2.75) is 85.4 Å². The highest BCUT2D eigenvalue weighted by Gasteiger charge is 2.32. The largest absolute Gasteiger partial charge is 0.457 e. The van der Waals surface area contributed by atoms with Crippen molar-refractivity contribution in [1.29, 1.82) is 0 Å². The van der Waals surface area contributed by atoms with Gasteiger partial charge in [-0.3, -0.25) is 4.57 Å². The Morgan fingerprint density at radius 1 is 0.493 bits per heavy atom. The monoisotopic (exact) mass is 962 g/mol. The Hall–Kier alpha value is -8.09. The van der Waals surface area contributed by atoms with E-state index in [1.165, 1.54) is 23.4 Å². The standard InChI is InChI=1S/C67H63N5O/c1-43-32-63(68-41-55(43)44-22-12-11-13-23-44)72-58-29-19-16-26-54(58)64-61(71-56-27-17-14-24-52(56)53-25-15-18-28-57(53)71)39-51(40-62(64)72)73-50-37-47(67(8,9)10)36-49(38-50)70-42-69(59-30-20-21-31-60(59)70)48-34-45(65(2,3)4)33-46(35-48)66(5,6)7/h11-41H,42H2,1-10H3/i1D3,11D,12D,13D,22D,23D. The molecule has 11 aromatic rings. The number of hydrogen-bond donors (Lipinski definition) is 0.